The fourth-order valence-electron chi connectivity index (χ4n) is 3.88. The summed E-state index contributed by atoms with van der Waals surface area (Å²) in [4.78, 5) is 26.6. The van der Waals surface area contributed by atoms with Gasteiger partial charge in [-0.1, -0.05) is 0 Å². The van der Waals surface area contributed by atoms with Gasteiger partial charge in [0.1, 0.15) is 23.8 Å². The van der Waals surface area contributed by atoms with Crippen LogP contribution in [0, 0.1) is 30.5 Å². The SMILES string of the molecule is Cc1cc(F)ccc1OCC(C)(C)NC(=O)[C@H]1[C@@H]2CN(C(=O)OC(C)(C)C)C[C@@H]21. The normalized spacial score (nSPS) is 23.4. The van der Waals surface area contributed by atoms with Crippen molar-refractivity contribution in [2.24, 2.45) is 17.8 Å². The largest absolute Gasteiger partial charge is 0.491 e. The van der Waals surface area contributed by atoms with E-state index in [2.05, 4.69) is 5.32 Å². The van der Waals surface area contributed by atoms with Crippen LogP contribution in [-0.4, -0.2) is 47.7 Å². The summed E-state index contributed by atoms with van der Waals surface area (Å²) in [7, 11) is 0. The summed E-state index contributed by atoms with van der Waals surface area (Å²) < 4.78 is 24.4. The van der Waals surface area contributed by atoms with Crippen LogP contribution in [0.1, 0.15) is 40.2 Å². The zero-order chi connectivity index (χ0) is 21.6. The molecule has 7 heteroatoms. The Hall–Kier alpha value is -2.31. The number of aryl methyl sites for hydroxylation is 1. The second-order valence-electron chi connectivity index (χ2n) is 9.81. The summed E-state index contributed by atoms with van der Waals surface area (Å²) in [6.07, 6.45) is -0.313. The molecule has 0 unspecified atom stereocenters. The van der Waals surface area contributed by atoms with E-state index in [1.165, 1.54) is 12.1 Å². The van der Waals surface area contributed by atoms with Crippen molar-refractivity contribution in [3.63, 3.8) is 0 Å². The van der Waals surface area contributed by atoms with Crippen molar-refractivity contribution >= 4 is 12.0 Å². The summed E-state index contributed by atoms with van der Waals surface area (Å²) in [5.74, 6) is 0.610. The molecule has 0 bridgehead atoms. The number of carbonyl (C=O) groups is 2. The summed E-state index contributed by atoms with van der Waals surface area (Å²) in [6.45, 7) is 12.5. The fraction of sp³-hybridized carbons (Fsp3) is 0.636. The van der Waals surface area contributed by atoms with E-state index in [1.807, 2.05) is 34.6 Å². The third-order valence-electron chi connectivity index (χ3n) is 5.34. The molecule has 1 aliphatic carbocycles. The molecule has 3 rings (SSSR count). The molecule has 2 amide bonds. The van der Waals surface area contributed by atoms with Gasteiger partial charge in [-0.25, -0.2) is 9.18 Å². The Labute approximate surface area is 171 Å². The highest BCUT2D eigenvalue weighted by Gasteiger charge is 2.61. The summed E-state index contributed by atoms with van der Waals surface area (Å²) in [5.41, 5.74) is -0.376. The van der Waals surface area contributed by atoms with E-state index in [1.54, 1.807) is 17.9 Å². The monoisotopic (exact) mass is 406 g/mol. The number of benzene rings is 1. The molecule has 2 aliphatic rings. The summed E-state index contributed by atoms with van der Waals surface area (Å²) >= 11 is 0. The molecule has 0 spiro atoms. The number of hydrogen-bond donors (Lipinski definition) is 1. The van der Waals surface area contributed by atoms with Crippen molar-refractivity contribution < 1.29 is 23.5 Å². The van der Waals surface area contributed by atoms with Crippen LogP contribution < -0.4 is 10.1 Å². The molecule has 1 aromatic carbocycles. The number of amides is 2. The van der Waals surface area contributed by atoms with E-state index in [9.17, 15) is 14.0 Å². The number of ether oxygens (including phenoxy) is 2. The van der Waals surface area contributed by atoms with Crippen molar-refractivity contribution in [3.05, 3.63) is 29.6 Å². The molecular weight excluding hydrogens is 375 g/mol. The van der Waals surface area contributed by atoms with Crippen molar-refractivity contribution in [1.82, 2.24) is 10.2 Å². The minimum atomic E-state index is -0.570. The number of hydrogen-bond acceptors (Lipinski definition) is 4. The highest BCUT2D eigenvalue weighted by atomic mass is 19.1. The van der Waals surface area contributed by atoms with Crippen molar-refractivity contribution in [3.8, 4) is 5.75 Å². The number of likely N-dealkylation sites (tertiary alicyclic amines) is 1. The van der Waals surface area contributed by atoms with Crippen LogP contribution >= 0.6 is 0 Å². The van der Waals surface area contributed by atoms with Gasteiger partial charge >= 0.3 is 6.09 Å². The van der Waals surface area contributed by atoms with Crippen LogP contribution in [0.3, 0.4) is 0 Å². The zero-order valence-electron chi connectivity index (χ0n) is 18.0. The van der Waals surface area contributed by atoms with Gasteiger partial charge in [-0.2, -0.15) is 0 Å². The summed E-state index contributed by atoms with van der Waals surface area (Å²) in [5, 5.41) is 3.06. The molecule has 0 radical (unpaired) electrons. The molecule has 1 saturated heterocycles. The van der Waals surface area contributed by atoms with Crippen LogP contribution in [0.25, 0.3) is 0 Å². The van der Waals surface area contributed by atoms with E-state index in [0.29, 0.717) is 24.4 Å². The maximum absolute atomic E-state index is 13.2. The molecule has 1 aliphatic heterocycles. The van der Waals surface area contributed by atoms with Gasteiger partial charge < -0.3 is 19.7 Å². The van der Waals surface area contributed by atoms with E-state index in [4.69, 9.17) is 9.47 Å². The third-order valence-corrected chi connectivity index (χ3v) is 5.34. The second kappa shape index (κ2) is 7.50. The van der Waals surface area contributed by atoms with Gasteiger partial charge in [-0.3, -0.25) is 4.79 Å². The van der Waals surface area contributed by atoms with Crippen LogP contribution in [0.5, 0.6) is 5.75 Å². The topological polar surface area (TPSA) is 67.9 Å². The smallest absolute Gasteiger partial charge is 0.410 e. The lowest BCUT2D eigenvalue weighted by Crippen LogP contribution is -2.49. The van der Waals surface area contributed by atoms with Gasteiger partial charge in [0.25, 0.3) is 0 Å². The molecule has 1 N–H and O–H groups in total. The van der Waals surface area contributed by atoms with E-state index < -0.39 is 11.1 Å². The molecule has 160 valence electrons. The molecule has 29 heavy (non-hydrogen) atoms. The minimum Gasteiger partial charge on any atom is -0.491 e. The van der Waals surface area contributed by atoms with E-state index in [-0.39, 0.29) is 42.2 Å². The molecule has 2 fully saturated rings. The Kier molecular flexibility index (Phi) is 5.54. The number of carbonyl (C=O) groups excluding carboxylic acids is 2. The van der Waals surface area contributed by atoms with Crippen LogP contribution in [-0.2, 0) is 9.53 Å². The quantitative estimate of drug-likeness (QED) is 0.812. The van der Waals surface area contributed by atoms with Crippen LogP contribution in [0.4, 0.5) is 9.18 Å². The number of piperidine rings is 1. The first kappa shape index (κ1) is 21.4. The van der Waals surface area contributed by atoms with Crippen molar-refractivity contribution in [1.29, 1.82) is 0 Å². The predicted octanol–water partition coefficient (Wildman–Crippen LogP) is 3.52. The summed E-state index contributed by atoms with van der Waals surface area (Å²) in [6, 6.07) is 4.37. The molecule has 1 aromatic rings. The number of halogens is 1. The highest BCUT2D eigenvalue weighted by molar-refractivity contribution is 5.84. The first-order valence-electron chi connectivity index (χ1n) is 10.1. The third kappa shape index (κ3) is 5.19. The standard InChI is InChI=1S/C22H31FN2O4/c1-13-9-14(23)7-8-17(13)28-12-22(5,6)24-19(26)18-15-10-25(11-16(15)18)20(27)29-21(2,3)4/h7-9,15-16,18H,10-12H2,1-6H3,(H,24,26)/t15-,16+,18+. The van der Waals surface area contributed by atoms with E-state index >= 15 is 0 Å². The van der Waals surface area contributed by atoms with Crippen molar-refractivity contribution in [2.45, 2.75) is 52.7 Å². The molecule has 3 atom stereocenters. The molecule has 6 nitrogen and oxygen atoms in total. The fourth-order valence-corrected chi connectivity index (χ4v) is 3.88. The van der Waals surface area contributed by atoms with E-state index in [0.717, 1.165) is 0 Å². The zero-order valence-corrected chi connectivity index (χ0v) is 18.0. The predicted molar refractivity (Wildman–Crippen MR) is 107 cm³/mol. The maximum Gasteiger partial charge on any atom is 0.410 e. The van der Waals surface area contributed by atoms with Gasteiger partial charge in [-0.05, 0) is 77.1 Å². The Bertz CT molecular complexity index is 790. The first-order valence-corrected chi connectivity index (χ1v) is 10.1. The van der Waals surface area contributed by atoms with Gasteiger partial charge in [0.05, 0.1) is 5.54 Å². The number of nitrogens with one attached hydrogen (secondary N) is 1. The minimum absolute atomic E-state index is 0.00623. The van der Waals surface area contributed by atoms with Gasteiger partial charge in [0.15, 0.2) is 0 Å². The average Bonchev–Trinajstić information content (AvgIpc) is 3.06. The number of rotatable bonds is 5. The van der Waals surface area contributed by atoms with Crippen molar-refractivity contribution in [2.75, 3.05) is 19.7 Å². The average molecular weight is 406 g/mol. The molecule has 1 saturated carbocycles. The number of nitrogens with zero attached hydrogens (tertiary/aromatic N) is 1. The van der Waals surface area contributed by atoms with Gasteiger partial charge in [0.2, 0.25) is 5.91 Å². The Balaban J connectivity index is 1.47. The molecule has 1 heterocycles. The van der Waals surface area contributed by atoms with Crippen LogP contribution in [0.2, 0.25) is 0 Å². The lowest BCUT2D eigenvalue weighted by Gasteiger charge is -2.28. The van der Waals surface area contributed by atoms with Gasteiger partial charge in [-0.15, -0.1) is 0 Å². The molecular formula is C22H31FN2O4. The second-order valence-corrected chi connectivity index (χ2v) is 9.81. The first-order chi connectivity index (χ1) is 13.4. The maximum atomic E-state index is 13.2. The van der Waals surface area contributed by atoms with Crippen LogP contribution in [0.15, 0.2) is 18.2 Å². The lowest BCUT2D eigenvalue weighted by atomic mass is 10.1. The Morgan fingerprint density at radius 1 is 1.17 bits per heavy atom. The Morgan fingerprint density at radius 2 is 1.79 bits per heavy atom. The highest BCUT2D eigenvalue weighted by Crippen LogP contribution is 2.52. The molecule has 0 aromatic heterocycles. The number of fused-ring (bicyclic) bond motifs is 1. The Morgan fingerprint density at radius 3 is 2.34 bits per heavy atom. The lowest BCUT2D eigenvalue weighted by molar-refractivity contribution is -0.125. The van der Waals surface area contributed by atoms with Gasteiger partial charge in [0, 0.05) is 19.0 Å².